The molecule has 0 fully saturated rings. The summed E-state index contributed by atoms with van der Waals surface area (Å²) in [5.74, 6) is 0.648. The monoisotopic (exact) mass is 384 g/mol. The maximum Gasteiger partial charge on any atom is 0.246 e. The van der Waals surface area contributed by atoms with Crippen LogP contribution in [0.3, 0.4) is 0 Å². The molecule has 1 atom stereocenters. The molecule has 4 heterocycles. The number of hydrogen-bond acceptors (Lipinski definition) is 6. The van der Waals surface area contributed by atoms with E-state index >= 15 is 0 Å². The van der Waals surface area contributed by atoms with Crippen molar-refractivity contribution in [1.82, 2.24) is 15.1 Å². The number of benzene rings is 2. The number of aromatic nitrogens is 3. The first-order valence-electron chi connectivity index (χ1n) is 9.38. The van der Waals surface area contributed by atoms with E-state index < -0.39 is 5.41 Å². The van der Waals surface area contributed by atoms with Crippen LogP contribution in [-0.2, 0) is 16.8 Å². The maximum atomic E-state index is 13.9. The van der Waals surface area contributed by atoms with E-state index in [1.54, 1.807) is 23.5 Å². The second-order valence-electron chi connectivity index (χ2n) is 7.41. The Hall–Kier alpha value is -3.74. The number of hydrogen-bond donors (Lipinski definition) is 0. The van der Waals surface area contributed by atoms with E-state index in [0.29, 0.717) is 17.9 Å². The van der Waals surface area contributed by atoms with Crippen LogP contribution in [0.25, 0.3) is 11.0 Å². The van der Waals surface area contributed by atoms with E-state index in [4.69, 9.17) is 9.26 Å². The standard InChI is InChI=1S/C22H16N4O3/c1-13-15-8-17-20(9-19(15)29-25-13)28-12-22(17)16-4-2-3-5-18(16)26(21(22)27)11-14-10-23-6-7-24-14/h2-10H,11-12H2,1H3. The van der Waals surface area contributed by atoms with Crippen molar-refractivity contribution in [2.45, 2.75) is 18.9 Å². The zero-order chi connectivity index (χ0) is 19.6. The lowest BCUT2D eigenvalue weighted by atomic mass is 9.77. The molecule has 0 aliphatic carbocycles. The molecular formula is C22H16N4O3. The lowest BCUT2D eigenvalue weighted by molar-refractivity contribution is -0.122. The summed E-state index contributed by atoms with van der Waals surface area (Å²) in [4.78, 5) is 24.1. The molecule has 2 aromatic carbocycles. The average Bonchev–Trinajstić information content (AvgIpc) is 3.38. The number of carbonyl (C=O) groups excluding carboxylic acids is 1. The Kier molecular flexibility index (Phi) is 3.16. The van der Waals surface area contributed by atoms with Crippen molar-refractivity contribution in [3.05, 3.63) is 77.5 Å². The predicted molar refractivity (Wildman–Crippen MR) is 105 cm³/mol. The molecule has 0 saturated carbocycles. The van der Waals surface area contributed by atoms with Gasteiger partial charge in [0, 0.05) is 35.1 Å². The quantitative estimate of drug-likeness (QED) is 0.528. The molecule has 142 valence electrons. The van der Waals surface area contributed by atoms with Crippen molar-refractivity contribution in [3.8, 4) is 5.75 Å². The fourth-order valence-corrected chi connectivity index (χ4v) is 4.46. The number of para-hydroxylation sites is 1. The molecule has 0 saturated heterocycles. The Morgan fingerprint density at radius 3 is 2.93 bits per heavy atom. The number of aryl methyl sites for hydroxylation is 1. The average molecular weight is 384 g/mol. The number of fused-ring (bicyclic) bond motifs is 5. The highest BCUT2D eigenvalue weighted by Crippen LogP contribution is 2.53. The van der Waals surface area contributed by atoms with Crippen LogP contribution in [0.15, 0.2) is 59.5 Å². The molecule has 1 unspecified atom stereocenters. The van der Waals surface area contributed by atoms with Gasteiger partial charge in [0.15, 0.2) is 5.58 Å². The van der Waals surface area contributed by atoms with Crippen molar-refractivity contribution in [1.29, 1.82) is 0 Å². The van der Waals surface area contributed by atoms with E-state index in [0.717, 1.165) is 33.6 Å². The van der Waals surface area contributed by atoms with E-state index in [-0.39, 0.29) is 12.5 Å². The van der Waals surface area contributed by atoms with Gasteiger partial charge in [0.2, 0.25) is 5.91 Å². The maximum absolute atomic E-state index is 13.9. The molecule has 7 nitrogen and oxygen atoms in total. The Morgan fingerprint density at radius 2 is 2.07 bits per heavy atom. The molecule has 1 amide bonds. The summed E-state index contributed by atoms with van der Waals surface area (Å²) >= 11 is 0. The molecule has 0 N–H and O–H groups in total. The molecule has 2 aromatic heterocycles. The first kappa shape index (κ1) is 16.2. The van der Waals surface area contributed by atoms with Crippen LogP contribution < -0.4 is 9.64 Å². The van der Waals surface area contributed by atoms with E-state index in [1.165, 1.54) is 0 Å². The number of rotatable bonds is 2. The zero-order valence-corrected chi connectivity index (χ0v) is 15.6. The van der Waals surface area contributed by atoms with Gasteiger partial charge in [0.05, 0.1) is 24.1 Å². The van der Waals surface area contributed by atoms with Gasteiger partial charge in [0.1, 0.15) is 17.8 Å². The summed E-state index contributed by atoms with van der Waals surface area (Å²) in [6.07, 6.45) is 4.94. The summed E-state index contributed by atoms with van der Waals surface area (Å²) in [7, 11) is 0. The van der Waals surface area contributed by atoms with Crippen molar-refractivity contribution in [2.24, 2.45) is 0 Å². The number of ether oxygens (including phenoxy) is 1. The number of anilines is 1. The van der Waals surface area contributed by atoms with E-state index in [9.17, 15) is 4.79 Å². The highest BCUT2D eigenvalue weighted by molar-refractivity contribution is 6.12. The zero-order valence-electron chi connectivity index (χ0n) is 15.6. The van der Waals surface area contributed by atoms with Crippen molar-refractivity contribution in [3.63, 3.8) is 0 Å². The van der Waals surface area contributed by atoms with Gasteiger partial charge < -0.3 is 14.2 Å². The van der Waals surface area contributed by atoms with Crippen molar-refractivity contribution in [2.75, 3.05) is 11.5 Å². The lowest BCUT2D eigenvalue weighted by Gasteiger charge is -2.23. The highest BCUT2D eigenvalue weighted by Gasteiger charge is 2.57. The molecular weight excluding hydrogens is 368 g/mol. The molecule has 0 radical (unpaired) electrons. The van der Waals surface area contributed by atoms with Gasteiger partial charge in [-0.15, -0.1) is 0 Å². The van der Waals surface area contributed by atoms with Gasteiger partial charge in [-0.05, 0) is 24.6 Å². The van der Waals surface area contributed by atoms with E-state index in [1.807, 2.05) is 43.3 Å². The second kappa shape index (κ2) is 5.64. The molecule has 1 spiro atoms. The van der Waals surface area contributed by atoms with Crippen LogP contribution in [0, 0.1) is 6.92 Å². The summed E-state index contributed by atoms with van der Waals surface area (Å²) < 4.78 is 11.4. The number of carbonyl (C=O) groups is 1. The van der Waals surface area contributed by atoms with Crippen molar-refractivity contribution < 1.29 is 14.1 Å². The molecule has 7 heteroatoms. The minimum Gasteiger partial charge on any atom is -0.491 e. The molecule has 2 aliphatic heterocycles. The highest BCUT2D eigenvalue weighted by atomic mass is 16.5. The third kappa shape index (κ3) is 2.07. The Labute approximate surface area is 165 Å². The summed E-state index contributed by atoms with van der Waals surface area (Å²) in [6, 6.07) is 11.7. The van der Waals surface area contributed by atoms with Gasteiger partial charge in [-0.25, -0.2) is 0 Å². The molecule has 2 aliphatic rings. The summed E-state index contributed by atoms with van der Waals surface area (Å²) in [5, 5.41) is 4.94. The van der Waals surface area contributed by atoms with Crippen LogP contribution in [0.2, 0.25) is 0 Å². The van der Waals surface area contributed by atoms with Crippen LogP contribution >= 0.6 is 0 Å². The molecule has 0 bridgehead atoms. The predicted octanol–water partition coefficient (Wildman–Crippen LogP) is 3.15. The Balaban J connectivity index is 1.55. The Bertz CT molecular complexity index is 1280. The van der Waals surface area contributed by atoms with Gasteiger partial charge >= 0.3 is 0 Å². The number of nitrogens with zero attached hydrogens (tertiary/aromatic N) is 4. The normalized spacial score (nSPS) is 19.6. The summed E-state index contributed by atoms with van der Waals surface area (Å²) in [5.41, 5.74) is 3.98. The largest absolute Gasteiger partial charge is 0.491 e. The van der Waals surface area contributed by atoms with Crippen LogP contribution in [-0.4, -0.2) is 27.6 Å². The second-order valence-corrected chi connectivity index (χ2v) is 7.41. The minimum absolute atomic E-state index is 0.0171. The number of amides is 1. The third-order valence-corrected chi connectivity index (χ3v) is 5.86. The van der Waals surface area contributed by atoms with E-state index in [2.05, 4.69) is 15.1 Å². The first-order valence-corrected chi connectivity index (χ1v) is 9.38. The molecule has 6 rings (SSSR count). The topological polar surface area (TPSA) is 81.4 Å². The SMILES string of the molecule is Cc1noc2cc3c(cc12)C1(CO3)C(=O)N(Cc2cnccn2)c2ccccc21. The van der Waals surface area contributed by atoms with Gasteiger partial charge in [-0.3, -0.25) is 14.8 Å². The smallest absolute Gasteiger partial charge is 0.246 e. The third-order valence-electron chi connectivity index (χ3n) is 5.86. The van der Waals surface area contributed by atoms with Crippen LogP contribution in [0.1, 0.15) is 22.5 Å². The summed E-state index contributed by atoms with van der Waals surface area (Å²) in [6.45, 7) is 2.51. The molecule has 4 aromatic rings. The van der Waals surface area contributed by atoms with Crippen molar-refractivity contribution >= 4 is 22.6 Å². The van der Waals surface area contributed by atoms with Crippen LogP contribution in [0.5, 0.6) is 5.75 Å². The fourth-order valence-electron chi connectivity index (χ4n) is 4.46. The first-order chi connectivity index (χ1) is 14.2. The van der Waals surface area contributed by atoms with Gasteiger partial charge in [0.25, 0.3) is 0 Å². The lowest BCUT2D eigenvalue weighted by Crippen LogP contribution is -2.42. The Morgan fingerprint density at radius 1 is 1.17 bits per heavy atom. The van der Waals surface area contributed by atoms with Crippen LogP contribution in [0.4, 0.5) is 5.69 Å². The van der Waals surface area contributed by atoms with Gasteiger partial charge in [-0.1, -0.05) is 23.4 Å². The molecule has 29 heavy (non-hydrogen) atoms. The minimum atomic E-state index is -0.883. The fraction of sp³-hybridized carbons (Fsp3) is 0.182. The van der Waals surface area contributed by atoms with Gasteiger partial charge in [-0.2, -0.15) is 0 Å².